The van der Waals surface area contributed by atoms with Gasteiger partial charge in [0, 0.05) is 18.2 Å². The molecule has 3 rings (SSSR count). The molecule has 1 fully saturated rings. The molecule has 1 aliphatic rings. The average molecular weight is 411 g/mol. The Labute approximate surface area is 182 Å². The van der Waals surface area contributed by atoms with E-state index in [2.05, 4.69) is 58.7 Å². The van der Waals surface area contributed by atoms with Crippen LogP contribution in [0.25, 0.3) is 0 Å². The minimum atomic E-state index is 0.00720. The van der Waals surface area contributed by atoms with Gasteiger partial charge < -0.3 is 15.3 Å². The fourth-order valence-corrected chi connectivity index (χ4v) is 3.80. The molecule has 1 amide bonds. The van der Waals surface area contributed by atoms with Gasteiger partial charge in [0.25, 0.3) is 0 Å². The Kier molecular flexibility index (Phi) is 10.6. The molecule has 0 unspecified atom stereocenters. The van der Waals surface area contributed by atoms with Crippen LogP contribution in [-0.2, 0) is 11.2 Å². The average Bonchev–Trinajstić information content (AvgIpc) is 2.76. The maximum atomic E-state index is 11.9. The van der Waals surface area contributed by atoms with Crippen LogP contribution in [0.1, 0.15) is 57.1 Å². The lowest BCUT2D eigenvalue weighted by atomic mass is 9.89. The topological polar surface area (TPSA) is 52.6 Å². The van der Waals surface area contributed by atoms with Gasteiger partial charge in [0.05, 0.1) is 0 Å². The van der Waals surface area contributed by atoms with Crippen molar-refractivity contribution in [3.8, 4) is 0 Å². The highest BCUT2D eigenvalue weighted by Gasteiger charge is 2.20. The molecule has 1 heterocycles. The first-order valence-electron chi connectivity index (χ1n) is 11.3. The van der Waals surface area contributed by atoms with E-state index in [9.17, 15) is 4.79 Å². The van der Waals surface area contributed by atoms with Gasteiger partial charge in [-0.25, -0.2) is 0 Å². The van der Waals surface area contributed by atoms with Gasteiger partial charge >= 0.3 is 0 Å². The van der Waals surface area contributed by atoms with E-state index in [1.165, 1.54) is 56.4 Å². The molecular formula is C26H38N2O2. The summed E-state index contributed by atoms with van der Waals surface area (Å²) in [7, 11) is 0. The number of aliphatic hydroxyl groups is 1. The highest BCUT2D eigenvalue weighted by atomic mass is 16.2. The maximum Gasteiger partial charge on any atom is 0.226 e. The Balaban J connectivity index is 0.00000101. The summed E-state index contributed by atoms with van der Waals surface area (Å²) in [5, 5.41) is 10.6. The number of carbonyl (C=O) groups excluding carboxylic acids is 1. The van der Waals surface area contributed by atoms with Crippen molar-refractivity contribution in [3.63, 3.8) is 0 Å². The monoisotopic (exact) mass is 410 g/mol. The first-order chi connectivity index (χ1) is 14.5. The standard InChI is InChI=1S/C24H32N2O.C2H6O/c1-19(2)24(27)25-23-12-6-11-22(18-23)21-13-16-26(17-14-21)15-7-10-20-8-4-3-5-9-20;1-2-3/h3-6,8-9,11-12,18-19,21H,7,10,13-17H2,1-2H3,(H,25,27);3H,2H2,1H3. The zero-order valence-electron chi connectivity index (χ0n) is 18.8. The van der Waals surface area contributed by atoms with Gasteiger partial charge in [-0.15, -0.1) is 0 Å². The first-order valence-corrected chi connectivity index (χ1v) is 11.3. The van der Waals surface area contributed by atoms with Crippen molar-refractivity contribution < 1.29 is 9.90 Å². The van der Waals surface area contributed by atoms with E-state index >= 15 is 0 Å². The molecule has 30 heavy (non-hydrogen) atoms. The number of nitrogens with one attached hydrogen (secondary N) is 1. The van der Waals surface area contributed by atoms with Gasteiger partial charge in [-0.2, -0.15) is 0 Å². The molecule has 0 aromatic heterocycles. The number of piperidine rings is 1. The lowest BCUT2D eigenvalue weighted by molar-refractivity contribution is -0.118. The molecule has 4 nitrogen and oxygen atoms in total. The summed E-state index contributed by atoms with van der Waals surface area (Å²) in [6.07, 6.45) is 4.80. The van der Waals surface area contributed by atoms with E-state index in [0.29, 0.717) is 5.92 Å². The molecule has 0 aliphatic carbocycles. The SMILES string of the molecule is CC(C)C(=O)Nc1cccc(C2CCN(CCCc3ccccc3)CC2)c1.CCO. The molecule has 0 saturated carbocycles. The molecule has 4 heteroatoms. The van der Waals surface area contributed by atoms with Crippen LogP contribution in [-0.4, -0.2) is 42.2 Å². The molecule has 0 atom stereocenters. The summed E-state index contributed by atoms with van der Waals surface area (Å²) in [5.41, 5.74) is 3.73. The Morgan fingerprint density at radius 1 is 1.10 bits per heavy atom. The number of amides is 1. The highest BCUT2D eigenvalue weighted by Crippen LogP contribution is 2.29. The molecule has 1 saturated heterocycles. The summed E-state index contributed by atoms with van der Waals surface area (Å²) >= 11 is 0. The van der Waals surface area contributed by atoms with Gasteiger partial charge in [0.1, 0.15) is 0 Å². The minimum absolute atomic E-state index is 0.00720. The third-order valence-electron chi connectivity index (χ3n) is 5.52. The number of benzene rings is 2. The van der Waals surface area contributed by atoms with Gasteiger partial charge in [0.2, 0.25) is 5.91 Å². The van der Waals surface area contributed by atoms with E-state index in [0.717, 1.165) is 5.69 Å². The Morgan fingerprint density at radius 2 is 1.77 bits per heavy atom. The third kappa shape index (κ3) is 8.29. The van der Waals surface area contributed by atoms with Gasteiger partial charge in [-0.05, 0) is 81.4 Å². The summed E-state index contributed by atoms with van der Waals surface area (Å²) < 4.78 is 0. The van der Waals surface area contributed by atoms with Gasteiger partial charge in [-0.1, -0.05) is 56.3 Å². The van der Waals surface area contributed by atoms with E-state index in [4.69, 9.17) is 5.11 Å². The molecule has 2 aromatic rings. The second-order valence-corrected chi connectivity index (χ2v) is 8.29. The number of aryl methyl sites for hydroxylation is 1. The lowest BCUT2D eigenvalue weighted by Crippen LogP contribution is -2.33. The second-order valence-electron chi connectivity index (χ2n) is 8.29. The quantitative estimate of drug-likeness (QED) is 0.668. The number of hydrogen-bond acceptors (Lipinski definition) is 3. The largest absolute Gasteiger partial charge is 0.397 e. The summed E-state index contributed by atoms with van der Waals surface area (Å²) in [6.45, 7) is 9.30. The fraction of sp³-hybridized carbons (Fsp3) is 0.500. The van der Waals surface area contributed by atoms with Gasteiger partial charge in [0.15, 0.2) is 0 Å². The van der Waals surface area contributed by atoms with Crippen LogP contribution >= 0.6 is 0 Å². The smallest absolute Gasteiger partial charge is 0.226 e. The summed E-state index contributed by atoms with van der Waals surface area (Å²) in [6, 6.07) is 19.2. The van der Waals surface area contributed by atoms with Crippen molar-refractivity contribution in [2.75, 3.05) is 31.6 Å². The van der Waals surface area contributed by atoms with Crippen molar-refractivity contribution in [3.05, 3.63) is 65.7 Å². The van der Waals surface area contributed by atoms with E-state index < -0.39 is 0 Å². The number of anilines is 1. The predicted molar refractivity (Wildman–Crippen MR) is 126 cm³/mol. The summed E-state index contributed by atoms with van der Waals surface area (Å²) in [4.78, 5) is 14.5. The lowest BCUT2D eigenvalue weighted by Gasteiger charge is -2.32. The van der Waals surface area contributed by atoms with Gasteiger partial charge in [-0.3, -0.25) is 4.79 Å². The molecule has 0 radical (unpaired) electrons. The first kappa shape index (κ1) is 24.1. The molecule has 2 aromatic carbocycles. The van der Waals surface area contributed by atoms with E-state index in [1.54, 1.807) is 6.92 Å². The van der Waals surface area contributed by atoms with Crippen molar-refractivity contribution >= 4 is 11.6 Å². The molecule has 0 bridgehead atoms. The summed E-state index contributed by atoms with van der Waals surface area (Å²) in [5.74, 6) is 0.694. The molecular weight excluding hydrogens is 372 g/mol. The Bertz CT molecular complexity index is 738. The Morgan fingerprint density at radius 3 is 2.40 bits per heavy atom. The van der Waals surface area contributed by atoms with Crippen LogP contribution in [0.15, 0.2) is 54.6 Å². The number of carbonyl (C=O) groups is 1. The second kappa shape index (κ2) is 13.2. The van der Waals surface area contributed by atoms with Crippen LogP contribution in [0, 0.1) is 5.92 Å². The molecule has 0 spiro atoms. The normalized spacial score (nSPS) is 14.8. The Hall–Kier alpha value is -2.17. The third-order valence-corrected chi connectivity index (χ3v) is 5.52. The zero-order valence-corrected chi connectivity index (χ0v) is 18.8. The molecule has 2 N–H and O–H groups in total. The number of hydrogen-bond donors (Lipinski definition) is 2. The number of aliphatic hydroxyl groups excluding tert-OH is 1. The van der Waals surface area contributed by atoms with Crippen LogP contribution < -0.4 is 5.32 Å². The van der Waals surface area contributed by atoms with E-state index in [-0.39, 0.29) is 18.4 Å². The van der Waals surface area contributed by atoms with Crippen molar-refractivity contribution in [1.82, 2.24) is 4.90 Å². The number of nitrogens with zero attached hydrogens (tertiary/aromatic N) is 1. The minimum Gasteiger partial charge on any atom is -0.397 e. The number of likely N-dealkylation sites (tertiary alicyclic amines) is 1. The van der Waals surface area contributed by atoms with Crippen LogP contribution in [0.5, 0.6) is 0 Å². The predicted octanol–water partition coefficient (Wildman–Crippen LogP) is 5.09. The fourth-order valence-electron chi connectivity index (χ4n) is 3.80. The maximum absolute atomic E-state index is 11.9. The van der Waals surface area contributed by atoms with Crippen molar-refractivity contribution in [2.45, 2.75) is 52.4 Å². The van der Waals surface area contributed by atoms with Crippen molar-refractivity contribution in [2.24, 2.45) is 5.92 Å². The molecule has 1 aliphatic heterocycles. The zero-order chi connectivity index (χ0) is 21.8. The van der Waals surface area contributed by atoms with Crippen LogP contribution in [0.3, 0.4) is 0 Å². The van der Waals surface area contributed by atoms with Crippen LogP contribution in [0.2, 0.25) is 0 Å². The molecule has 164 valence electrons. The van der Waals surface area contributed by atoms with E-state index in [1.807, 2.05) is 19.9 Å². The highest BCUT2D eigenvalue weighted by molar-refractivity contribution is 5.92. The van der Waals surface area contributed by atoms with Crippen molar-refractivity contribution in [1.29, 1.82) is 0 Å². The number of rotatable bonds is 7. The van der Waals surface area contributed by atoms with Crippen LogP contribution in [0.4, 0.5) is 5.69 Å².